The topological polar surface area (TPSA) is 63.8 Å². The van der Waals surface area contributed by atoms with Crippen LogP contribution in [0.3, 0.4) is 0 Å². The minimum absolute atomic E-state index is 0.598. The molecule has 0 aliphatic rings. The molecule has 2 heterocycles. The third-order valence-electron chi connectivity index (χ3n) is 2.91. The normalized spacial score (nSPS) is 11.0. The van der Waals surface area contributed by atoms with Crippen molar-refractivity contribution < 1.29 is 4.52 Å². The van der Waals surface area contributed by atoms with Crippen LogP contribution in [0.15, 0.2) is 41.2 Å². The van der Waals surface area contributed by atoms with Crippen molar-refractivity contribution in [3.05, 3.63) is 53.8 Å². The predicted molar refractivity (Wildman–Crippen MR) is 71.3 cm³/mol. The van der Waals surface area contributed by atoms with Crippen molar-refractivity contribution >= 4 is 10.9 Å². The Hall–Kier alpha value is -2.27. The molecule has 0 unspecified atom stereocenters. The van der Waals surface area contributed by atoms with Gasteiger partial charge in [0.05, 0.1) is 12.1 Å². The Bertz CT molecular complexity index is 679. The minimum Gasteiger partial charge on any atom is -0.343 e. The summed E-state index contributed by atoms with van der Waals surface area (Å²) in [5.41, 5.74) is 3.28. The standard InChI is InChI=1S/C14H14N4O/c1-10-2-4-12-6-11(3-5-13(12)17-10)7-15-8-14-16-9-19-18-14/h2-6,9,15H,7-8H2,1H3. The number of benzene rings is 1. The summed E-state index contributed by atoms with van der Waals surface area (Å²) in [6.07, 6.45) is 1.33. The van der Waals surface area contributed by atoms with E-state index in [-0.39, 0.29) is 0 Å². The van der Waals surface area contributed by atoms with Gasteiger partial charge < -0.3 is 9.84 Å². The number of hydrogen-bond acceptors (Lipinski definition) is 5. The van der Waals surface area contributed by atoms with Gasteiger partial charge in [-0.05, 0) is 30.7 Å². The molecule has 0 spiro atoms. The molecule has 0 aliphatic heterocycles. The van der Waals surface area contributed by atoms with Crippen LogP contribution >= 0.6 is 0 Å². The number of aryl methyl sites for hydroxylation is 1. The van der Waals surface area contributed by atoms with Crippen molar-refractivity contribution in [2.75, 3.05) is 0 Å². The van der Waals surface area contributed by atoms with Gasteiger partial charge in [0.1, 0.15) is 0 Å². The number of aromatic nitrogens is 3. The molecule has 19 heavy (non-hydrogen) atoms. The average Bonchev–Trinajstić information content (AvgIpc) is 2.92. The molecule has 0 saturated heterocycles. The van der Waals surface area contributed by atoms with Crippen LogP contribution in [0, 0.1) is 6.92 Å². The summed E-state index contributed by atoms with van der Waals surface area (Å²) in [7, 11) is 0. The van der Waals surface area contributed by atoms with Gasteiger partial charge in [0.2, 0.25) is 6.39 Å². The Balaban J connectivity index is 1.69. The Labute approximate surface area is 110 Å². The fraction of sp³-hybridized carbons (Fsp3) is 0.214. The van der Waals surface area contributed by atoms with Gasteiger partial charge in [-0.1, -0.05) is 17.3 Å². The van der Waals surface area contributed by atoms with E-state index < -0.39 is 0 Å². The fourth-order valence-electron chi connectivity index (χ4n) is 1.98. The molecule has 0 amide bonds. The van der Waals surface area contributed by atoms with E-state index in [0.29, 0.717) is 12.4 Å². The maximum atomic E-state index is 4.68. The molecule has 5 nitrogen and oxygen atoms in total. The first kappa shape index (κ1) is 11.8. The molecule has 0 atom stereocenters. The van der Waals surface area contributed by atoms with Crippen molar-refractivity contribution in [2.45, 2.75) is 20.0 Å². The number of nitrogens with zero attached hydrogens (tertiary/aromatic N) is 3. The zero-order valence-electron chi connectivity index (χ0n) is 10.6. The summed E-state index contributed by atoms with van der Waals surface area (Å²) < 4.78 is 4.68. The van der Waals surface area contributed by atoms with Crippen LogP contribution in [-0.2, 0) is 13.1 Å². The van der Waals surface area contributed by atoms with E-state index >= 15 is 0 Å². The maximum absolute atomic E-state index is 4.68. The second kappa shape index (κ2) is 5.16. The molecule has 0 aliphatic carbocycles. The van der Waals surface area contributed by atoms with Gasteiger partial charge in [0.15, 0.2) is 5.82 Å². The summed E-state index contributed by atoms with van der Waals surface area (Å²) in [4.78, 5) is 8.44. The number of pyridine rings is 1. The molecular weight excluding hydrogens is 240 g/mol. The van der Waals surface area contributed by atoms with Crippen molar-refractivity contribution in [2.24, 2.45) is 0 Å². The van der Waals surface area contributed by atoms with Crippen molar-refractivity contribution in [1.29, 1.82) is 0 Å². The molecular formula is C14H14N4O. The van der Waals surface area contributed by atoms with E-state index in [9.17, 15) is 0 Å². The van der Waals surface area contributed by atoms with E-state index in [1.54, 1.807) is 0 Å². The molecule has 96 valence electrons. The fourth-order valence-corrected chi connectivity index (χ4v) is 1.98. The molecule has 1 aromatic carbocycles. The third kappa shape index (κ3) is 2.77. The lowest BCUT2D eigenvalue weighted by Gasteiger charge is -2.05. The van der Waals surface area contributed by atoms with Gasteiger partial charge in [0, 0.05) is 17.6 Å². The van der Waals surface area contributed by atoms with E-state index in [2.05, 4.69) is 43.2 Å². The molecule has 0 radical (unpaired) electrons. The third-order valence-corrected chi connectivity index (χ3v) is 2.91. The first-order valence-corrected chi connectivity index (χ1v) is 6.13. The Morgan fingerprint density at radius 2 is 2.11 bits per heavy atom. The molecule has 1 N–H and O–H groups in total. The maximum Gasteiger partial charge on any atom is 0.213 e. The molecule has 0 fully saturated rings. The molecule has 2 aromatic heterocycles. The highest BCUT2D eigenvalue weighted by Gasteiger charge is 2.00. The summed E-state index contributed by atoms with van der Waals surface area (Å²) in [6, 6.07) is 10.4. The lowest BCUT2D eigenvalue weighted by atomic mass is 10.1. The van der Waals surface area contributed by atoms with Gasteiger partial charge in [-0.25, -0.2) is 0 Å². The highest BCUT2D eigenvalue weighted by atomic mass is 16.5. The number of fused-ring (bicyclic) bond motifs is 1. The molecule has 0 saturated carbocycles. The average molecular weight is 254 g/mol. The highest BCUT2D eigenvalue weighted by molar-refractivity contribution is 5.79. The van der Waals surface area contributed by atoms with Crippen LogP contribution in [0.25, 0.3) is 10.9 Å². The summed E-state index contributed by atoms with van der Waals surface area (Å²) >= 11 is 0. The van der Waals surface area contributed by atoms with Gasteiger partial charge in [-0.15, -0.1) is 0 Å². The Morgan fingerprint density at radius 3 is 2.95 bits per heavy atom. The zero-order valence-corrected chi connectivity index (χ0v) is 10.6. The lowest BCUT2D eigenvalue weighted by Crippen LogP contribution is -2.13. The van der Waals surface area contributed by atoms with Gasteiger partial charge in [-0.3, -0.25) is 4.98 Å². The number of nitrogens with one attached hydrogen (secondary N) is 1. The van der Waals surface area contributed by atoms with Gasteiger partial charge >= 0.3 is 0 Å². The lowest BCUT2D eigenvalue weighted by molar-refractivity contribution is 0.407. The Kier molecular flexibility index (Phi) is 3.20. The van der Waals surface area contributed by atoms with Crippen LogP contribution in [-0.4, -0.2) is 15.1 Å². The van der Waals surface area contributed by atoms with Crippen molar-refractivity contribution in [3.8, 4) is 0 Å². The summed E-state index contributed by atoms with van der Waals surface area (Å²) in [5, 5.41) is 8.18. The van der Waals surface area contributed by atoms with Crippen LogP contribution in [0.1, 0.15) is 17.1 Å². The second-order valence-corrected chi connectivity index (χ2v) is 4.43. The van der Waals surface area contributed by atoms with Gasteiger partial charge in [-0.2, -0.15) is 4.98 Å². The van der Waals surface area contributed by atoms with E-state index in [4.69, 9.17) is 0 Å². The monoisotopic (exact) mass is 254 g/mol. The quantitative estimate of drug-likeness (QED) is 0.773. The molecule has 3 aromatic rings. The van der Waals surface area contributed by atoms with Crippen LogP contribution in [0.5, 0.6) is 0 Å². The second-order valence-electron chi connectivity index (χ2n) is 4.43. The molecule has 0 bridgehead atoms. The Morgan fingerprint density at radius 1 is 1.16 bits per heavy atom. The van der Waals surface area contributed by atoms with Crippen molar-refractivity contribution in [1.82, 2.24) is 20.4 Å². The summed E-state index contributed by atoms with van der Waals surface area (Å²) in [5.74, 6) is 0.665. The molecule has 5 heteroatoms. The number of rotatable bonds is 4. The summed E-state index contributed by atoms with van der Waals surface area (Å²) in [6.45, 7) is 3.36. The van der Waals surface area contributed by atoms with Crippen LogP contribution in [0.4, 0.5) is 0 Å². The molecule has 3 rings (SSSR count). The predicted octanol–water partition coefficient (Wildman–Crippen LogP) is 2.22. The van der Waals surface area contributed by atoms with E-state index in [1.165, 1.54) is 12.0 Å². The number of hydrogen-bond donors (Lipinski definition) is 1. The largest absolute Gasteiger partial charge is 0.343 e. The van der Waals surface area contributed by atoms with E-state index in [1.807, 2.05) is 19.1 Å². The van der Waals surface area contributed by atoms with Crippen molar-refractivity contribution in [3.63, 3.8) is 0 Å². The van der Waals surface area contributed by atoms with Gasteiger partial charge in [0.25, 0.3) is 0 Å². The first-order chi connectivity index (χ1) is 9.31. The minimum atomic E-state index is 0.598. The SMILES string of the molecule is Cc1ccc2cc(CNCc3ncon3)ccc2n1. The first-order valence-electron chi connectivity index (χ1n) is 6.13. The van der Waals surface area contributed by atoms with Crippen LogP contribution < -0.4 is 5.32 Å². The van der Waals surface area contributed by atoms with Crippen LogP contribution in [0.2, 0.25) is 0 Å². The zero-order chi connectivity index (χ0) is 13.1. The van der Waals surface area contributed by atoms with E-state index in [0.717, 1.165) is 23.1 Å². The smallest absolute Gasteiger partial charge is 0.213 e. The highest BCUT2D eigenvalue weighted by Crippen LogP contribution is 2.14.